The van der Waals surface area contributed by atoms with Crippen molar-refractivity contribution in [1.29, 1.82) is 0 Å². The largest absolute Gasteiger partial charge is 0.396 e. The number of nitrogens with zero attached hydrogens (tertiary/aromatic N) is 2. The van der Waals surface area contributed by atoms with E-state index >= 15 is 0 Å². The Balaban J connectivity index is 2.68. The van der Waals surface area contributed by atoms with Gasteiger partial charge in [-0.25, -0.2) is 0 Å². The van der Waals surface area contributed by atoms with Crippen LogP contribution >= 0.6 is 0 Å². The average molecular weight is 253 g/mol. The molecule has 0 spiro atoms. The van der Waals surface area contributed by atoms with E-state index in [1.165, 1.54) is 10.9 Å². The number of carbonyl (C=O) groups is 2. The lowest BCUT2D eigenvalue weighted by Crippen LogP contribution is -2.47. The van der Waals surface area contributed by atoms with Gasteiger partial charge in [-0.2, -0.15) is 5.10 Å². The van der Waals surface area contributed by atoms with Gasteiger partial charge in [0.15, 0.2) is 0 Å². The molecule has 0 aromatic carbocycles. The van der Waals surface area contributed by atoms with Gasteiger partial charge in [0.2, 0.25) is 5.91 Å². The lowest BCUT2D eigenvalue weighted by Gasteiger charge is -2.16. The van der Waals surface area contributed by atoms with Crippen molar-refractivity contribution < 1.29 is 9.59 Å². The second kappa shape index (κ2) is 5.52. The van der Waals surface area contributed by atoms with Gasteiger partial charge in [0, 0.05) is 13.1 Å². The molecular weight excluding hydrogens is 234 g/mol. The van der Waals surface area contributed by atoms with E-state index in [-0.39, 0.29) is 23.3 Å². The third-order valence-corrected chi connectivity index (χ3v) is 2.35. The van der Waals surface area contributed by atoms with Gasteiger partial charge in [-0.15, -0.1) is 0 Å². The molecule has 0 bridgehead atoms. The molecule has 2 amide bonds. The first-order chi connectivity index (χ1) is 8.32. The van der Waals surface area contributed by atoms with Crippen LogP contribution in [-0.4, -0.2) is 33.7 Å². The SMILES string of the molecule is CC(C)NC(=O)C(C)NC(=O)c1c(N)cnn1C. The summed E-state index contributed by atoms with van der Waals surface area (Å²) in [6.45, 7) is 5.32. The fourth-order valence-corrected chi connectivity index (χ4v) is 1.47. The van der Waals surface area contributed by atoms with Crippen molar-refractivity contribution in [1.82, 2.24) is 20.4 Å². The summed E-state index contributed by atoms with van der Waals surface area (Å²) in [5.74, 6) is -0.655. The molecule has 0 saturated heterocycles. The summed E-state index contributed by atoms with van der Waals surface area (Å²) in [5, 5.41) is 9.16. The van der Waals surface area contributed by atoms with E-state index in [0.717, 1.165) is 0 Å². The fourth-order valence-electron chi connectivity index (χ4n) is 1.47. The Morgan fingerprint density at radius 3 is 2.39 bits per heavy atom. The average Bonchev–Trinajstić information content (AvgIpc) is 2.57. The second-order valence-corrected chi connectivity index (χ2v) is 4.43. The molecule has 7 heteroatoms. The minimum absolute atomic E-state index is 0.0265. The number of hydrogen-bond acceptors (Lipinski definition) is 4. The minimum Gasteiger partial charge on any atom is -0.396 e. The third kappa shape index (κ3) is 3.22. The molecule has 100 valence electrons. The maximum Gasteiger partial charge on any atom is 0.272 e. The Labute approximate surface area is 106 Å². The van der Waals surface area contributed by atoms with Crippen LogP contribution in [0.25, 0.3) is 0 Å². The van der Waals surface area contributed by atoms with Crippen molar-refractivity contribution in [2.75, 3.05) is 5.73 Å². The van der Waals surface area contributed by atoms with Crippen LogP contribution in [0.2, 0.25) is 0 Å². The molecule has 7 nitrogen and oxygen atoms in total. The predicted molar refractivity (Wildman–Crippen MR) is 67.8 cm³/mol. The lowest BCUT2D eigenvalue weighted by atomic mass is 10.2. The third-order valence-electron chi connectivity index (χ3n) is 2.35. The number of amides is 2. The van der Waals surface area contributed by atoms with Crippen molar-refractivity contribution in [3.63, 3.8) is 0 Å². The number of nitrogens with one attached hydrogen (secondary N) is 2. The van der Waals surface area contributed by atoms with E-state index in [1.54, 1.807) is 14.0 Å². The van der Waals surface area contributed by atoms with E-state index in [4.69, 9.17) is 5.73 Å². The maximum absolute atomic E-state index is 11.9. The lowest BCUT2D eigenvalue weighted by molar-refractivity contribution is -0.123. The van der Waals surface area contributed by atoms with Crippen molar-refractivity contribution in [2.24, 2.45) is 7.05 Å². The second-order valence-electron chi connectivity index (χ2n) is 4.43. The highest BCUT2D eigenvalue weighted by Gasteiger charge is 2.20. The Morgan fingerprint density at radius 2 is 1.94 bits per heavy atom. The molecule has 0 fully saturated rings. The highest BCUT2D eigenvalue weighted by Crippen LogP contribution is 2.08. The van der Waals surface area contributed by atoms with E-state index in [0.29, 0.717) is 0 Å². The molecule has 1 rings (SSSR count). The summed E-state index contributed by atoms with van der Waals surface area (Å²) in [6.07, 6.45) is 1.40. The standard InChI is InChI=1S/C11H19N5O2/c1-6(2)14-10(17)7(3)15-11(18)9-8(12)5-13-16(9)4/h5-7H,12H2,1-4H3,(H,14,17)(H,15,18). The topological polar surface area (TPSA) is 102 Å². The Hall–Kier alpha value is -2.05. The maximum atomic E-state index is 11.9. The van der Waals surface area contributed by atoms with Gasteiger partial charge < -0.3 is 16.4 Å². The fraction of sp³-hybridized carbons (Fsp3) is 0.545. The van der Waals surface area contributed by atoms with Gasteiger partial charge in [0.05, 0.1) is 11.9 Å². The molecule has 1 atom stereocenters. The first kappa shape index (κ1) is 14.0. The molecule has 1 aromatic heterocycles. The van der Waals surface area contributed by atoms with E-state index in [2.05, 4.69) is 15.7 Å². The van der Waals surface area contributed by atoms with E-state index in [1.807, 2.05) is 13.8 Å². The number of nitrogen functional groups attached to an aromatic ring is 1. The molecule has 0 radical (unpaired) electrons. The number of hydrogen-bond donors (Lipinski definition) is 3. The van der Waals surface area contributed by atoms with E-state index in [9.17, 15) is 9.59 Å². The number of rotatable bonds is 4. The van der Waals surface area contributed by atoms with Gasteiger partial charge in [-0.3, -0.25) is 14.3 Å². The van der Waals surface area contributed by atoms with Gasteiger partial charge in [0.1, 0.15) is 11.7 Å². The van der Waals surface area contributed by atoms with Crippen LogP contribution in [0.5, 0.6) is 0 Å². The molecule has 0 aliphatic carbocycles. The van der Waals surface area contributed by atoms with Crippen LogP contribution in [0.1, 0.15) is 31.3 Å². The summed E-state index contributed by atoms with van der Waals surface area (Å²) < 4.78 is 1.37. The van der Waals surface area contributed by atoms with E-state index < -0.39 is 11.9 Å². The summed E-state index contributed by atoms with van der Waals surface area (Å²) in [6, 6.07) is -0.604. The predicted octanol–water partition coefficient (Wildman–Crippen LogP) is -0.355. The molecule has 1 unspecified atom stereocenters. The smallest absolute Gasteiger partial charge is 0.272 e. The van der Waals surface area contributed by atoms with Crippen LogP contribution in [0, 0.1) is 0 Å². The molecule has 0 aliphatic rings. The molecule has 0 saturated carbocycles. The molecule has 18 heavy (non-hydrogen) atoms. The summed E-state index contributed by atoms with van der Waals surface area (Å²) in [7, 11) is 1.62. The minimum atomic E-state index is -0.630. The van der Waals surface area contributed by atoms with Gasteiger partial charge in [-0.1, -0.05) is 0 Å². The molecule has 4 N–H and O–H groups in total. The summed E-state index contributed by atoms with van der Waals surface area (Å²) in [5.41, 5.74) is 6.16. The number of aryl methyl sites for hydroxylation is 1. The highest BCUT2D eigenvalue weighted by atomic mass is 16.2. The van der Waals surface area contributed by atoms with Gasteiger partial charge in [0.25, 0.3) is 5.91 Å². The quantitative estimate of drug-likeness (QED) is 0.682. The first-order valence-corrected chi connectivity index (χ1v) is 5.71. The molecule has 1 aromatic rings. The number of aromatic nitrogens is 2. The van der Waals surface area contributed by atoms with Crippen LogP contribution in [0.15, 0.2) is 6.20 Å². The molecule has 0 aliphatic heterocycles. The van der Waals surface area contributed by atoms with Gasteiger partial charge >= 0.3 is 0 Å². The number of carbonyl (C=O) groups excluding carboxylic acids is 2. The Bertz CT molecular complexity index is 433. The number of nitrogens with two attached hydrogens (primary N) is 1. The van der Waals surface area contributed by atoms with Crippen molar-refractivity contribution in [3.05, 3.63) is 11.9 Å². The molecule has 1 heterocycles. The van der Waals surface area contributed by atoms with Crippen molar-refractivity contribution in [3.8, 4) is 0 Å². The van der Waals surface area contributed by atoms with Crippen LogP contribution in [0.3, 0.4) is 0 Å². The zero-order valence-corrected chi connectivity index (χ0v) is 11.0. The van der Waals surface area contributed by atoms with Crippen molar-refractivity contribution >= 4 is 17.5 Å². The Morgan fingerprint density at radius 1 is 1.33 bits per heavy atom. The summed E-state index contributed by atoms with van der Waals surface area (Å²) in [4.78, 5) is 23.6. The normalized spacial score (nSPS) is 12.3. The highest BCUT2D eigenvalue weighted by molar-refractivity contribution is 5.99. The number of anilines is 1. The molecular formula is C11H19N5O2. The van der Waals surface area contributed by atoms with Crippen LogP contribution in [-0.2, 0) is 11.8 Å². The zero-order valence-electron chi connectivity index (χ0n) is 11.0. The van der Waals surface area contributed by atoms with Gasteiger partial charge in [-0.05, 0) is 20.8 Å². The Kier molecular flexibility index (Phi) is 4.30. The van der Waals surface area contributed by atoms with Crippen molar-refractivity contribution in [2.45, 2.75) is 32.9 Å². The first-order valence-electron chi connectivity index (χ1n) is 5.71. The summed E-state index contributed by atoms with van der Waals surface area (Å²) >= 11 is 0. The zero-order chi connectivity index (χ0) is 13.9. The monoisotopic (exact) mass is 253 g/mol. The van der Waals surface area contributed by atoms with Crippen LogP contribution < -0.4 is 16.4 Å². The van der Waals surface area contributed by atoms with Crippen LogP contribution in [0.4, 0.5) is 5.69 Å².